The number of aromatic carboxylic acids is 1. The molecule has 0 saturated carbocycles. The third-order valence-corrected chi connectivity index (χ3v) is 1.56. The predicted octanol–water partition coefficient (Wildman–Crippen LogP) is 0.214. The normalized spacial score (nSPS) is 10.5. The molecule has 2 rings (SSSR count). The molecule has 0 radical (unpaired) electrons. The van der Waals surface area contributed by atoms with Crippen molar-refractivity contribution < 1.29 is 14.3 Å². The minimum atomic E-state index is -1.21. The lowest BCUT2D eigenvalue weighted by atomic mass is 10.3. The number of aromatic amines is 1. The molecule has 0 fully saturated rings. The lowest BCUT2D eigenvalue weighted by Crippen LogP contribution is -2.12. The Balaban J connectivity index is 2.85. The third-order valence-electron chi connectivity index (χ3n) is 1.56. The molecule has 2 aromatic rings. The lowest BCUT2D eigenvalue weighted by molar-refractivity contribution is 0.0690. The number of rotatable bonds is 1. The minimum Gasteiger partial charge on any atom is -0.477 e. The van der Waals surface area contributed by atoms with Crippen LogP contribution in [-0.4, -0.2) is 21.0 Å². The summed E-state index contributed by atoms with van der Waals surface area (Å²) in [6, 6.07) is 1.21. The van der Waals surface area contributed by atoms with Crippen molar-refractivity contribution in [3.05, 3.63) is 28.5 Å². The maximum absolute atomic E-state index is 11.1. The zero-order valence-corrected chi connectivity index (χ0v) is 6.27. The molecule has 0 aliphatic carbocycles. The lowest BCUT2D eigenvalue weighted by Gasteiger charge is -1.91. The van der Waals surface area contributed by atoms with Crippen molar-refractivity contribution in [3.8, 4) is 0 Å². The molecular formula is C7H4N2O4. The van der Waals surface area contributed by atoms with Gasteiger partial charge in [0.2, 0.25) is 0 Å². The fourth-order valence-corrected chi connectivity index (χ4v) is 0.992. The number of nitrogens with zero attached hydrogens (tertiary/aromatic N) is 1. The first kappa shape index (κ1) is 7.53. The van der Waals surface area contributed by atoms with Gasteiger partial charge in [-0.05, 0) is 0 Å². The van der Waals surface area contributed by atoms with Gasteiger partial charge in [0.1, 0.15) is 5.69 Å². The van der Waals surface area contributed by atoms with Gasteiger partial charge in [-0.1, -0.05) is 0 Å². The molecule has 2 aromatic heterocycles. The number of hydrogen-bond donors (Lipinski definition) is 2. The van der Waals surface area contributed by atoms with Crippen molar-refractivity contribution in [2.75, 3.05) is 0 Å². The first-order chi connectivity index (χ1) is 6.18. The second-order valence-corrected chi connectivity index (χ2v) is 2.38. The Morgan fingerprint density at radius 3 is 3.08 bits per heavy atom. The highest BCUT2D eigenvalue weighted by molar-refractivity contribution is 5.88. The maximum atomic E-state index is 11.1. The molecule has 13 heavy (non-hydrogen) atoms. The van der Waals surface area contributed by atoms with E-state index in [1.54, 1.807) is 0 Å². The van der Waals surface area contributed by atoms with Crippen LogP contribution < -0.4 is 5.56 Å². The van der Waals surface area contributed by atoms with E-state index in [2.05, 4.69) is 9.97 Å². The van der Waals surface area contributed by atoms with E-state index in [-0.39, 0.29) is 16.8 Å². The molecular weight excluding hydrogens is 176 g/mol. The van der Waals surface area contributed by atoms with Crippen LogP contribution in [0.5, 0.6) is 0 Å². The Hall–Kier alpha value is -2.11. The van der Waals surface area contributed by atoms with Gasteiger partial charge in [-0.2, -0.15) is 0 Å². The summed E-state index contributed by atoms with van der Waals surface area (Å²) in [6.07, 6.45) is 1.09. The van der Waals surface area contributed by atoms with E-state index in [1.165, 1.54) is 6.07 Å². The van der Waals surface area contributed by atoms with Gasteiger partial charge in [0, 0.05) is 6.07 Å². The van der Waals surface area contributed by atoms with E-state index in [0.29, 0.717) is 0 Å². The topological polar surface area (TPSA) is 96.2 Å². The van der Waals surface area contributed by atoms with Gasteiger partial charge in [0.25, 0.3) is 5.56 Å². The van der Waals surface area contributed by atoms with E-state index in [9.17, 15) is 9.59 Å². The molecule has 0 aliphatic heterocycles. The van der Waals surface area contributed by atoms with Crippen LogP contribution in [0.25, 0.3) is 11.1 Å². The van der Waals surface area contributed by atoms with E-state index in [1.807, 2.05) is 0 Å². The standard InChI is InChI=1S/C7H4N2O4/c10-6-5-4(13-2-8-5)1-3(9-6)7(11)12/h1-2H,(H,9,10)(H,11,12). The summed E-state index contributed by atoms with van der Waals surface area (Å²) in [5, 5.41) is 8.57. The van der Waals surface area contributed by atoms with E-state index in [0.717, 1.165) is 6.39 Å². The Morgan fingerprint density at radius 2 is 2.38 bits per heavy atom. The molecule has 0 amide bonds. The molecule has 0 spiro atoms. The summed E-state index contributed by atoms with van der Waals surface area (Å²) in [6.45, 7) is 0. The number of carboxylic acid groups (broad SMARTS) is 1. The molecule has 6 heteroatoms. The van der Waals surface area contributed by atoms with Crippen LogP contribution in [0.2, 0.25) is 0 Å². The van der Waals surface area contributed by atoms with Crippen molar-refractivity contribution in [1.29, 1.82) is 0 Å². The number of carbonyl (C=O) groups is 1. The highest BCUT2D eigenvalue weighted by atomic mass is 16.4. The smallest absolute Gasteiger partial charge is 0.352 e. The van der Waals surface area contributed by atoms with E-state index >= 15 is 0 Å². The molecule has 0 aliphatic rings. The highest BCUT2D eigenvalue weighted by Crippen LogP contribution is 2.07. The first-order valence-corrected chi connectivity index (χ1v) is 3.38. The number of H-pyrrole nitrogens is 1. The minimum absolute atomic E-state index is 0.102. The van der Waals surface area contributed by atoms with Gasteiger partial charge < -0.3 is 14.5 Å². The van der Waals surface area contributed by atoms with E-state index < -0.39 is 11.5 Å². The maximum Gasteiger partial charge on any atom is 0.352 e. The Kier molecular flexibility index (Phi) is 1.42. The molecule has 0 unspecified atom stereocenters. The van der Waals surface area contributed by atoms with Gasteiger partial charge in [-0.25, -0.2) is 9.78 Å². The number of nitrogens with one attached hydrogen (secondary N) is 1. The van der Waals surface area contributed by atoms with Crippen LogP contribution >= 0.6 is 0 Å². The fourth-order valence-electron chi connectivity index (χ4n) is 0.992. The average Bonchev–Trinajstić information content (AvgIpc) is 2.51. The molecule has 66 valence electrons. The summed E-state index contributed by atoms with van der Waals surface area (Å²) in [5.41, 5.74) is -0.510. The predicted molar refractivity (Wildman–Crippen MR) is 41.6 cm³/mol. The quantitative estimate of drug-likeness (QED) is 0.654. The van der Waals surface area contributed by atoms with Gasteiger partial charge in [-0.3, -0.25) is 4.79 Å². The largest absolute Gasteiger partial charge is 0.477 e. The van der Waals surface area contributed by atoms with E-state index in [4.69, 9.17) is 9.52 Å². The first-order valence-electron chi connectivity index (χ1n) is 3.38. The Morgan fingerprint density at radius 1 is 1.62 bits per heavy atom. The molecule has 0 bridgehead atoms. The number of oxazole rings is 1. The van der Waals surface area contributed by atoms with Gasteiger partial charge in [-0.15, -0.1) is 0 Å². The number of hydrogen-bond acceptors (Lipinski definition) is 4. The monoisotopic (exact) mass is 180 g/mol. The molecule has 2 N–H and O–H groups in total. The van der Waals surface area contributed by atoms with Crippen molar-refractivity contribution in [1.82, 2.24) is 9.97 Å². The third kappa shape index (κ3) is 1.08. The molecule has 6 nitrogen and oxygen atoms in total. The summed E-state index contributed by atoms with van der Waals surface area (Å²) in [5.74, 6) is -1.21. The second kappa shape index (κ2) is 2.44. The van der Waals surface area contributed by atoms with Crippen LogP contribution in [0.1, 0.15) is 10.5 Å². The zero-order valence-electron chi connectivity index (χ0n) is 6.27. The average molecular weight is 180 g/mol. The Bertz CT molecular complexity index is 525. The van der Waals surface area contributed by atoms with Crippen LogP contribution in [0.4, 0.5) is 0 Å². The molecule has 2 heterocycles. The van der Waals surface area contributed by atoms with Crippen LogP contribution in [0, 0.1) is 0 Å². The van der Waals surface area contributed by atoms with Crippen LogP contribution in [-0.2, 0) is 0 Å². The summed E-state index contributed by atoms with van der Waals surface area (Å²) in [4.78, 5) is 27.4. The summed E-state index contributed by atoms with van der Waals surface area (Å²) >= 11 is 0. The molecule has 0 saturated heterocycles. The fraction of sp³-hybridized carbons (Fsp3) is 0. The Labute approximate surface area is 70.8 Å². The summed E-state index contributed by atoms with van der Waals surface area (Å²) < 4.78 is 4.80. The highest BCUT2D eigenvalue weighted by Gasteiger charge is 2.09. The van der Waals surface area contributed by atoms with Gasteiger partial charge in [0.15, 0.2) is 17.5 Å². The van der Waals surface area contributed by atoms with Crippen molar-refractivity contribution in [2.24, 2.45) is 0 Å². The number of carboxylic acids is 1. The van der Waals surface area contributed by atoms with Crippen molar-refractivity contribution in [2.45, 2.75) is 0 Å². The SMILES string of the molecule is O=C(O)c1cc2ocnc2c(=O)[nH]1. The van der Waals surface area contributed by atoms with Gasteiger partial charge in [0.05, 0.1) is 0 Å². The number of pyridine rings is 1. The van der Waals surface area contributed by atoms with Crippen molar-refractivity contribution >= 4 is 17.1 Å². The number of aromatic nitrogens is 2. The molecule has 0 aromatic carbocycles. The van der Waals surface area contributed by atoms with Crippen molar-refractivity contribution in [3.63, 3.8) is 0 Å². The summed E-state index contributed by atoms with van der Waals surface area (Å²) in [7, 11) is 0. The van der Waals surface area contributed by atoms with Crippen LogP contribution in [0.3, 0.4) is 0 Å². The number of fused-ring (bicyclic) bond motifs is 1. The molecule has 0 atom stereocenters. The second-order valence-electron chi connectivity index (χ2n) is 2.38. The van der Waals surface area contributed by atoms with Gasteiger partial charge >= 0.3 is 5.97 Å². The van der Waals surface area contributed by atoms with Crippen LogP contribution in [0.15, 0.2) is 21.7 Å². The zero-order chi connectivity index (χ0) is 9.42.